The monoisotopic (exact) mass is 341 g/mol. The highest BCUT2D eigenvalue weighted by Crippen LogP contribution is 2.24. The van der Waals surface area contributed by atoms with Gasteiger partial charge in [-0.1, -0.05) is 51.8 Å². The molecule has 0 saturated heterocycles. The quantitative estimate of drug-likeness (QED) is 0.816. The van der Waals surface area contributed by atoms with Crippen molar-refractivity contribution >= 4 is 27.5 Å². The van der Waals surface area contributed by atoms with Crippen LogP contribution in [0.15, 0.2) is 46.9 Å². The second-order valence-corrected chi connectivity index (χ2v) is 5.59. The van der Waals surface area contributed by atoms with Crippen LogP contribution < -0.4 is 5.32 Å². The molecule has 0 amide bonds. The van der Waals surface area contributed by atoms with Crippen LogP contribution in [0.3, 0.4) is 0 Å². The molecule has 0 saturated carbocycles. The van der Waals surface area contributed by atoms with Crippen LogP contribution in [0.2, 0.25) is 5.02 Å². The zero-order valence-electron chi connectivity index (χ0n) is 10.5. The van der Waals surface area contributed by atoms with Crippen LogP contribution in [0.1, 0.15) is 24.1 Å². The Morgan fingerprint density at radius 3 is 2.63 bits per heavy atom. The Hall–Kier alpha value is -0.900. The zero-order valence-corrected chi connectivity index (χ0v) is 12.8. The minimum absolute atomic E-state index is 0.103. The molecular weight excluding hydrogens is 329 g/mol. The van der Waals surface area contributed by atoms with Crippen molar-refractivity contribution in [3.8, 4) is 0 Å². The van der Waals surface area contributed by atoms with Gasteiger partial charge >= 0.3 is 0 Å². The first-order valence-corrected chi connectivity index (χ1v) is 7.17. The molecule has 0 radical (unpaired) electrons. The maximum absolute atomic E-state index is 13.6. The number of halogens is 3. The highest BCUT2D eigenvalue weighted by Gasteiger charge is 2.11. The van der Waals surface area contributed by atoms with Gasteiger partial charge in [0.15, 0.2) is 0 Å². The summed E-state index contributed by atoms with van der Waals surface area (Å²) in [5.41, 5.74) is 1.64. The minimum atomic E-state index is -0.278. The van der Waals surface area contributed by atoms with E-state index in [1.165, 1.54) is 6.07 Å². The van der Waals surface area contributed by atoms with E-state index in [4.69, 9.17) is 11.6 Å². The molecule has 100 valence electrons. The van der Waals surface area contributed by atoms with E-state index < -0.39 is 0 Å². The van der Waals surface area contributed by atoms with E-state index in [1.54, 1.807) is 12.1 Å². The first kappa shape index (κ1) is 14.5. The molecule has 0 fully saturated rings. The molecule has 1 atom stereocenters. The maximum atomic E-state index is 13.6. The van der Waals surface area contributed by atoms with Crippen molar-refractivity contribution in [1.29, 1.82) is 0 Å². The molecule has 1 nitrogen and oxygen atoms in total. The average molecular weight is 343 g/mol. The van der Waals surface area contributed by atoms with Gasteiger partial charge in [-0.05, 0) is 30.7 Å². The average Bonchev–Trinajstić information content (AvgIpc) is 2.38. The van der Waals surface area contributed by atoms with Crippen LogP contribution in [0.25, 0.3) is 0 Å². The standard InChI is InChI=1S/C15H14BrClFN/c1-10(11-5-2-3-6-13(11)16)19-9-12-14(17)7-4-8-15(12)18/h2-8,10,19H,9H2,1H3/t10-/m1/s1. The Morgan fingerprint density at radius 1 is 1.21 bits per heavy atom. The third kappa shape index (κ3) is 3.56. The SMILES string of the molecule is C[C@@H](NCc1c(F)cccc1Cl)c1ccccc1Br. The van der Waals surface area contributed by atoms with Gasteiger partial charge in [-0.15, -0.1) is 0 Å². The minimum Gasteiger partial charge on any atom is -0.306 e. The van der Waals surface area contributed by atoms with Gasteiger partial charge in [-0.25, -0.2) is 4.39 Å². The molecule has 0 aliphatic carbocycles. The fraction of sp³-hybridized carbons (Fsp3) is 0.200. The first-order chi connectivity index (χ1) is 9.09. The third-order valence-electron chi connectivity index (χ3n) is 3.02. The van der Waals surface area contributed by atoms with Crippen molar-refractivity contribution in [2.75, 3.05) is 0 Å². The lowest BCUT2D eigenvalue weighted by Gasteiger charge is -2.16. The van der Waals surface area contributed by atoms with Crippen molar-refractivity contribution in [2.24, 2.45) is 0 Å². The predicted molar refractivity (Wildman–Crippen MR) is 80.8 cm³/mol. The summed E-state index contributed by atoms with van der Waals surface area (Å²) in [7, 11) is 0. The molecule has 0 bridgehead atoms. The van der Waals surface area contributed by atoms with Crippen LogP contribution in [0.4, 0.5) is 4.39 Å². The van der Waals surface area contributed by atoms with Gasteiger partial charge in [0.25, 0.3) is 0 Å². The molecule has 4 heteroatoms. The van der Waals surface area contributed by atoms with Gasteiger partial charge in [0.05, 0.1) is 0 Å². The van der Waals surface area contributed by atoms with Crippen molar-refractivity contribution in [3.63, 3.8) is 0 Å². The molecule has 0 aliphatic rings. The van der Waals surface area contributed by atoms with E-state index in [9.17, 15) is 4.39 Å². The summed E-state index contributed by atoms with van der Waals surface area (Å²) >= 11 is 9.51. The van der Waals surface area contributed by atoms with Gasteiger partial charge in [-0.3, -0.25) is 0 Å². The first-order valence-electron chi connectivity index (χ1n) is 6.00. The molecule has 0 unspecified atom stereocenters. The van der Waals surface area contributed by atoms with Gasteiger partial charge in [0.2, 0.25) is 0 Å². The third-order valence-corrected chi connectivity index (χ3v) is 4.09. The highest BCUT2D eigenvalue weighted by molar-refractivity contribution is 9.10. The van der Waals surface area contributed by atoms with Crippen LogP contribution >= 0.6 is 27.5 Å². The largest absolute Gasteiger partial charge is 0.306 e. The number of benzene rings is 2. The van der Waals surface area contributed by atoms with E-state index in [-0.39, 0.29) is 11.9 Å². The van der Waals surface area contributed by atoms with Crippen LogP contribution in [-0.2, 0) is 6.54 Å². The summed E-state index contributed by atoms with van der Waals surface area (Å²) in [6.07, 6.45) is 0. The van der Waals surface area contributed by atoms with Crippen molar-refractivity contribution in [3.05, 3.63) is 68.9 Å². The Labute approximate surface area is 125 Å². The molecule has 0 heterocycles. The van der Waals surface area contributed by atoms with E-state index in [1.807, 2.05) is 31.2 Å². The van der Waals surface area contributed by atoms with Crippen molar-refractivity contribution in [1.82, 2.24) is 5.32 Å². The second kappa shape index (κ2) is 6.51. The molecule has 0 aromatic heterocycles. The van der Waals surface area contributed by atoms with Crippen LogP contribution in [0, 0.1) is 5.82 Å². The topological polar surface area (TPSA) is 12.0 Å². The van der Waals surface area contributed by atoms with Crippen molar-refractivity contribution < 1.29 is 4.39 Å². The fourth-order valence-corrected chi connectivity index (χ4v) is 2.75. The van der Waals surface area contributed by atoms with Crippen LogP contribution in [0.5, 0.6) is 0 Å². The lowest BCUT2D eigenvalue weighted by Crippen LogP contribution is -2.19. The normalized spacial score (nSPS) is 12.4. The van der Waals surface area contributed by atoms with Gasteiger partial charge < -0.3 is 5.32 Å². The smallest absolute Gasteiger partial charge is 0.129 e. The number of hydrogen-bond donors (Lipinski definition) is 1. The molecule has 19 heavy (non-hydrogen) atoms. The number of rotatable bonds is 4. The Bertz CT molecular complexity index is 554. The molecule has 2 aromatic rings. The van der Waals surface area contributed by atoms with E-state index >= 15 is 0 Å². The Morgan fingerprint density at radius 2 is 1.95 bits per heavy atom. The highest BCUT2D eigenvalue weighted by atomic mass is 79.9. The van der Waals surface area contributed by atoms with E-state index in [2.05, 4.69) is 21.2 Å². The molecule has 2 aromatic carbocycles. The van der Waals surface area contributed by atoms with Crippen LogP contribution in [-0.4, -0.2) is 0 Å². The second-order valence-electron chi connectivity index (χ2n) is 4.32. The number of hydrogen-bond acceptors (Lipinski definition) is 1. The molecular formula is C15H14BrClFN. The number of nitrogens with one attached hydrogen (secondary N) is 1. The lowest BCUT2D eigenvalue weighted by atomic mass is 10.1. The molecule has 0 spiro atoms. The summed E-state index contributed by atoms with van der Waals surface area (Å²) in [6, 6.07) is 12.8. The van der Waals surface area contributed by atoms with E-state index in [0.29, 0.717) is 17.1 Å². The summed E-state index contributed by atoms with van der Waals surface area (Å²) < 4.78 is 14.7. The summed E-state index contributed by atoms with van der Waals surface area (Å²) in [5, 5.41) is 3.73. The fourth-order valence-electron chi connectivity index (χ4n) is 1.89. The van der Waals surface area contributed by atoms with E-state index in [0.717, 1.165) is 10.0 Å². The Kier molecular flexibility index (Phi) is 4.97. The van der Waals surface area contributed by atoms with Gasteiger partial charge in [-0.2, -0.15) is 0 Å². The predicted octanol–water partition coefficient (Wildman–Crippen LogP) is 5.09. The Balaban J connectivity index is 2.09. The summed E-state index contributed by atoms with van der Waals surface area (Å²) in [5.74, 6) is -0.278. The summed E-state index contributed by atoms with van der Waals surface area (Å²) in [6.45, 7) is 2.43. The molecule has 1 N–H and O–H groups in total. The maximum Gasteiger partial charge on any atom is 0.129 e. The van der Waals surface area contributed by atoms with Gasteiger partial charge in [0, 0.05) is 27.6 Å². The lowest BCUT2D eigenvalue weighted by molar-refractivity contribution is 0.543. The van der Waals surface area contributed by atoms with Gasteiger partial charge in [0.1, 0.15) is 5.82 Å². The molecule has 0 aliphatic heterocycles. The zero-order chi connectivity index (χ0) is 13.8. The molecule has 2 rings (SSSR count). The summed E-state index contributed by atoms with van der Waals surface area (Å²) in [4.78, 5) is 0. The van der Waals surface area contributed by atoms with Crippen molar-refractivity contribution in [2.45, 2.75) is 19.5 Å².